The summed E-state index contributed by atoms with van der Waals surface area (Å²) in [5, 5.41) is 2.84. The Kier molecular flexibility index (Phi) is 4.28. The average molecular weight is 311 g/mol. The zero-order valence-electron chi connectivity index (χ0n) is 12.7. The van der Waals surface area contributed by atoms with E-state index in [1.165, 1.54) is 7.11 Å². The highest BCUT2D eigenvalue weighted by Crippen LogP contribution is 2.27. The van der Waals surface area contributed by atoms with Crippen LogP contribution in [0, 0.1) is 5.92 Å². The Morgan fingerprint density at radius 1 is 1.17 bits per heavy atom. The highest BCUT2D eigenvalue weighted by Gasteiger charge is 2.25. The molecule has 5 nitrogen and oxygen atoms in total. The van der Waals surface area contributed by atoms with Gasteiger partial charge in [-0.3, -0.25) is 4.79 Å². The quantitative estimate of drug-likeness (QED) is 0.885. The van der Waals surface area contributed by atoms with Crippen LogP contribution in [0.15, 0.2) is 48.5 Å². The summed E-state index contributed by atoms with van der Waals surface area (Å²) in [6, 6.07) is 14.4. The number of anilines is 1. The van der Waals surface area contributed by atoms with E-state index in [1.807, 2.05) is 24.3 Å². The van der Waals surface area contributed by atoms with Gasteiger partial charge in [0.2, 0.25) is 5.91 Å². The van der Waals surface area contributed by atoms with Crippen molar-refractivity contribution in [3.05, 3.63) is 59.7 Å². The largest absolute Gasteiger partial charge is 0.492 e. The van der Waals surface area contributed by atoms with Crippen molar-refractivity contribution in [1.82, 2.24) is 0 Å². The number of nitrogens with one attached hydrogen (secondary N) is 1. The fourth-order valence-electron chi connectivity index (χ4n) is 2.58. The van der Waals surface area contributed by atoms with Crippen LogP contribution in [0.2, 0.25) is 0 Å². The molecule has 118 valence electrons. The van der Waals surface area contributed by atoms with E-state index in [0.717, 1.165) is 11.3 Å². The van der Waals surface area contributed by atoms with E-state index in [-0.39, 0.29) is 11.8 Å². The van der Waals surface area contributed by atoms with Gasteiger partial charge in [-0.25, -0.2) is 4.79 Å². The average Bonchev–Trinajstić information content (AvgIpc) is 2.60. The highest BCUT2D eigenvalue weighted by molar-refractivity contribution is 5.95. The molecule has 0 saturated carbocycles. The lowest BCUT2D eigenvalue weighted by Crippen LogP contribution is -2.32. The van der Waals surface area contributed by atoms with E-state index in [1.54, 1.807) is 24.3 Å². The lowest BCUT2D eigenvalue weighted by atomic mass is 9.96. The minimum absolute atomic E-state index is 0.124. The third-order valence-corrected chi connectivity index (χ3v) is 3.80. The van der Waals surface area contributed by atoms with Crippen molar-refractivity contribution in [2.24, 2.45) is 5.92 Å². The second-order valence-electron chi connectivity index (χ2n) is 5.38. The van der Waals surface area contributed by atoms with E-state index < -0.39 is 5.97 Å². The Labute approximate surface area is 134 Å². The number of ether oxygens (including phenoxy) is 2. The summed E-state index contributed by atoms with van der Waals surface area (Å²) in [6.07, 6.45) is 0.638. The minimum atomic E-state index is -0.434. The number of hydrogen-bond acceptors (Lipinski definition) is 4. The van der Waals surface area contributed by atoms with Crippen LogP contribution in [0.1, 0.15) is 15.9 Å². The standard InChI is InChI=1S/C18H17NO4/c1-22-18(21)13-6-4-7-15(10-13)19-17(20)14-9-12-5-2-3-8-16(12)23-11-14/h2-8,10,14H,9,11H2,1H3,(H,19,20)/t14-/m0/s1. The summed E-state index contributed by atoms with van der Waals surface area (Å²) >= 11 is 0. The van der Waals surface area contributed by atoms with Gasteiger partial charge in [-0.2, -0.15) is 0 Å². The maximum absolute atomic E-state index is 12.4. The Morgan fingerprint density at radius 3 is 2.83 bits per heavy atom. The Hall–Kier alpha value is -2.82. The van der Waals surface area contributed by atoms with Crippen molar-refractivity contribution in [3.63, 3.8) is 0 Å². The molecule has 5 heteroatoms. The smallest absolute Gasteiger partial charge is 0.337 e. The van der Waals surface area contributed by atoms with E-state index in [9.17, 15) is 9.59 Å². The van der Waals surface area contributed by atoms with Crippen LogP contribution >= 0.6 is 0 Å². The Morgan fingerprint density at radius 2 is 2.00 bits per heavy atom. The minimum Gasteiger partial charge on any atom is -0.492 e. The summed E-state index contributed by atoms with van der Waals surface area (Å²) in [6.45, 7) is 0.347. The van der Waals surface area contributed by atoms with Gasteiger partial charge >= 0.3 is 5.97 Å². The molecule has 2 aromatic rings. The second-order valence-corrected chi connectivity index (χ2v) is 5.38. The van der Waals surface area contributed by atoms with Crippen LogP contribution in [0.25, 0.3) is 0 Å². The molecule has 1 aliphatic heterocycles. The van der Waals surface area contributed by atoms with Crippen LogP contribution in [-0.4, -0.2) is 25.6 Å². The number of fused-ring (bicyclic) bond motifs is 1. The van der Waals surface area contributed by atoms with Gasteiger partial charge in [-0.05, 0) is 36.2 Å². The molecule has 1 aliphatic rings. The van der Waals surface area contributed by atoms with Gasteiger partial charge in [-0.15, -0.1) is 0 Å². The maximum atomic E-state index is 12.4. The fraction of sp³-hybridized carbons (Fsp3) is 0.222. The van der Waals surface area contributed by atoms with Crippen molar-refractivity contribution in [2.75, 3.05) is 19.0 Å². The Balaban J connectivity index is 1.69. The van der Waals surface area contributed by atoms with Gasteiger partial charge in [0.05, 0.1) is 18.6 Å². The summed E-state index contributed by atoms with van der Waals surface area (Å²) in [5.74, 6) is 0.0217. The van der Waals surface area contributed by atoms with E-state index >= 15 is 0 Å². The molecule has 1 atom stereocenters. The molecule has 0 aliphatic carbocycles. The summed E-state index contributed by atoms with van der Waals surface area (Å²) in [5.41, 5.74) is 1.99. The fourth-order valence-corrected chi connectivity index (χ4v) is 2.58. The normalized spacial score (nSPS) is 16.0. The number of rotatable bonds is 3. The number of carbonyl (C=O) groups is 2. The first kappa shape index (κ1) is 15.1. The van der Waals surface area contributed by atoms with Gasteiger partial charge in [0.25, 0.3) is 0 Å². The molecule has 1 heterocycles. The van der Waals surface area contributed by atoms with E-state index in [2.05, 4.69) is 10.1 Å². The van der Waals surface area contributed by atoms with Gasteiger partial charge in [0, 0.05) is 5.69 Å². The number of methoxy groups -OCH3 is 1. The van der Waals surface area contributed by atoms with Gasteiger partial charge in [0.1, 0.15) is 12.4 Å². The third kappa shape index (κ3) is 3.34. The van der Waals surface area contributed by atoms with Gasteiger partial charge in [-0.1, -0.05) is 24.3 Å². The first-order valence-corrected chi connectivity index (χ1v) is 7.37. The zero-order valence-corrected chi connectivity index (χ0v) is 12.7. The van der Waals surface area contributed by atoms with Crippen molar-refractivity contribution < 1.29 is 19.1 Å². The number of amides is 1. The molecule has 0 spiro atoms. The topological polar surface area (TPSA) is 64.6 Å². The predicted molar refractivity (Wildman–Crippen MR) is 85.5 cm³/mol. The number of esters is 1. The van der Waals surface area contributed by atoms with Crippen LogP contribution in [0.4, 0.5) is 5.69 Å². The van der Waals surface area contributed by atoms with Gasteiger partial charge in [0.15, 0.2) is 0 Å². The summed E-state index contributed by atoms with van der Waals surface area (Å²) < 4.78 is 10.3. The molecule has 23 heavy (non-hydrogen) atoms. The Bertz CT molecular complexity index is 741. The molecule has 0 saturated heterocycles. The number of benzene rings is 2. The van der Waals surface area contributed by atoms with E-state index in [4.69, 9.17) is 4.74 Å². The number of para-hydroxylation sites is 1. The van der Waals surface area contributed by atoms with E-state index in [0.29, 0.717) is 24.3 Å². The number of carbonyl (C=O) groups excluding carboxylic acids is 2. The maximum Gasteiger partial charge on any atom is 0.337 e. The zero-order chi connectivity index (χ0) is 16.2. The lowest BCUT2D eigenvalue weighted by Gasteiger charge is -2.24. The molecule has 1 N–H and O–H groups in total. The third-order valence-electron chi connectivity index (χ3n) is 3.80. The molecule has 0 unspecified atom stereocenters. The molecule has 3 rings (SSSR count). The molecule has 0 bridgehead atoms. The summed E-state index contributed by atoms with van der Waals surface area (Å²) in [4.78, 5) is 24.0. The summed E-state index contributed by atoms with van der Waals surface area (Å²) in [7, 11) is 1.32. The molecular weight excluding hydrogens is 294 g/mol. The molecule has 0 fully saturated rings. The first-order chi connectivity index (χ1) is 11.2. The van der Waals surface area contributed by atoms with Crippen molar-refractivity contribution in [1.29, 1.82) is 0 Å². The van der Waals surface area contributed by atoms with Crippen LogP contribution in [-0.2, 0) is 16.0 Å². The SMILES string of the molecule is COC(=O)c1cccc(NC(=O)[C@@H]2COc3ccccc3C2)c1. The molecule has 0 aromatic heterocycles. The molecule has 1 amide bonds. The number of hydrogen-bond donors (Lipinski definition) is 1. The predicted octanol–water partition coefficient (Wildman–Crippen LogP) is 2.66. The van der Waals surface area contributed by atoms with Gasteiger partial charge < -0.3 is 14.8 Å². The van der Waals surface area contributed by atoms with Crippen molar-refractivity contribution >= 4 is 17.6 Å². The van der Waals surface area contributed by atoms with Crippen LogP contribution in [0.3, 0.4) is 0 Å². The second kappa shape index (κ2) is 6.52. The van der Waals surface area contributed by atoms with Crippen molar-refractivity contribution in [3.8, 4) is 5.75 Å². The van der Waals surface area contributed by atoms with Crippen LogP contribution < -0.4 is 10.1 Å². The van der Waals surface area contributed by atoms with Crippen LogP contribution in [0.5, 0.6) is 5.75 Å². The lowest BCUT2D eigenvalue weighted by molar-refractivity contribution is -0.121. The first-order valence-electron chi connectivity index (χ1n) is 7.37. The monoisotopic (exact) mass is 311 g/mol. The molecule has 2 aromatic carbocycles. The molecule has 0 radical (unpaired) electrons. The highest BCUT2D eigenvalue weighted by atomic mass is 16.5. The van der Waals surface area contributed by atoms with Crippen molar-refractivity contribution in [2.45, 2.75) is 6.42 Å². The molecular formula is C18H17NO4.